The summed E-state index contributed by atoms with van der Waals surface area (Å²) in [4.78, 5) is 13.1. The molecule has 0 atom stereocenters. The van der Waals surface area contributed by atoms with Crippen molar-refractivity contribution < 1.29 is 17.9 Å². The fraction of sp³-hybridized carbons (Fsp3) is 0.385. The van der Waals surface area contributed by atoms with Crippen LogP contribution in [0.3, 0.4) is 0 Å². The number of carbonyl (C=O) groups excluding carboxylic acids is 1. The van der Waals surface area contributed by atoms with Gasteiger partial charge < -0.3 is 9.64 Å². The van der Waals surface area contributed by atoms with E-state index in [2.05, 4.69) is 9.13 Å². The number of sulfonamides is 1. The van der Waals surface area contributed by atoms with Crippen LogP contribution in [0.1, 0.15) is 24.2 Å². The van der Waals surface area contributed by atoms with Crippen LogP contribution in [-0.2, 0) is 14.8 Å². The lowest BCUT2D eigenvalue weighted by atomic mass is 10.2. The molecule has 0 fully saturated rings. The van der Waals surface area contributed by atoms with Gasteiger partial charge in [0.05, 0.1) is 17.6 Å². The average Bonchev–Trinajstić information content (AvgIpc) is 2.47. The quantitative estimate of drug-likeness (QED) is 0.452. The van der Waals surface area contributed by atoms with Crippen molar-refractivity contribution in [3.05, 3.63) is 29.8 Å². The molecule has 6 nitrogen and oxygen atoms in total. The van der Waals surface area contributed by atoms with Crippen LogP contribution in [0, 0.1) is 0 Å². The van der Waals surface area contributed by atoms with Crippen LogP contribution in [0.25, 0.3) is 0 Å². The third-order valence-corrected chi connectivity index (χ3v) is 3.97. The predicted octanol–water partition coefficient (Wildman–Crippen LogP) is 1.53. The van der Waals surface area contributed by atoms with Gasteiger partial charge in [-0.05, 0) is 38.1 Å². The van der Waals surface area contributed by atoms with Gasteiger partial charge in [0.2, 0.25) is 0 Å². The number of hydrogen-bond donors (Lipinski definition) is 0. The Labute approximate surface area is 119 Å². The first-order chi connectivity index (χ1) is 9.44. The molecule has 0 saturated heterocycles. The molecule has 0 unspecified atom stereocenters. The topological polar surface area (TPSA) is 76.0 Å². The van der Waals surface area contributed by atoms with E-state index >= 15 is 0 Å². The third kappa shape index (κ3) is 4.06. The van der Waals surface area contributed by atoms with E-state index in [1.165, 1.54) is 37.7 Å². The monoisotopic (exact) mass is 298 g/mol. The normalized spacial score (nSPS) is 11.6. The fourth-order valence-electron chi connectivity index (χ4n) is 1.46. The summed E-state index contributed by atoms with van der Waals surface area (Å²) < 4.78 is 32.1. The van der Waals surface area contributed by atoms with Crippen molar-refractivity contribution in [3.63, 3.8) is 0 Å². The molecule has 7 heteroatoms. The number of ether oxygens (including phenoxy) is 1. The summed E-state index contributed by atoms with van der Waals surface area (Å²) in [6.45, 7) is 5.17. The van der Waals surface area contributed by atoms with E-state index in [9.17, 15) is 13.2 Å². The minimum atomic E-state index is -3.75. The second kappa shape index (κ2) is 7.04. The molecule has 0 aliphatic rings. The molecule has 0 amide bonds. The molecule has 1 rings (SSSR count). The van der Waals surface area contributed by atoms with Crippen LogP contribution in [0.4, 0.5) is 0 Å². The van der Waals surface area contributed by atoms with Crippen molar-refractivity contribution in [2.45, 2.75) is 18.7 Å². The van der Waals surface area contributed by atoms with E-state index in [4.69, 9.17) is 0 Å². The summed E-state index contributed by atoms with van der Waals surface area (Å²) in [6.07, 6.45) is 1.31. The first-order valence-electron chi connectivity index (χ1n) is 6.17. The van der Waals surface area contributed by atoms with Crippen molar-refractivity contribution in [2.24, 2.45) is 4.40 Å². The van der Waals surface area contributed by atoms with Gasteiger partial charge in [-0.25, -0.2) is 4.79 Å². The number of benzene rings is 1. The summed E-state index contributed by atoms with van der Waals surface area (Å²) in [5.41, 5.74) is 0.291. The molecule has 0 aliphatic carbocycles. The molecule has 0 spiro atoms. The zero-order valence-electron chi connectivity index (χ0n) is 11.7. The van der Waals surface area contributed by atoms with E-state index in [0.29, 0.717) is 18.7 Å². The van der Waals surface area contributed by atoms with Gasteiger partial charge in [0.15, 0.2) is 0 Å². The van der Waals surface area contributed by atoms with Gasteiger partial charge in [0.1, 0.15) is 6.34 Å². The van der Waals surface area contributed by atoms with Gasteiger partial charge in [-0.3, -0.25) is 0 Å². The lowest BCUT2D eigenvalue weighted by Crippen LogP contribution is -2.21. The molecule has 110 valence electrons. The minimum Gasteiger partial charge on any atom is -0.465 e. The molecular formula is C13H18N2O4S. The van der Waals surface area contributed by atoms with Crippen LogP contribution >= 0.6 is 0 Å². The van der Waals surface area contributed by atoms with Crippen molar-refractivity contribution >= 4 is 22.3 Å². The standard InChI is InChI=1S/C13H18N2O4S/c1-4-15(5-2)10-14-20(17,18)12-8-6-11(7-9-12)13(16)19-3/h6-10H,4-5H2,1-3H3/b14-10+. The number of nitrogens with zero attached hydrogens (tertiary/aromatic N) is 2. The number of hydrogen-bond acceptors (Lipinski definition) is 4. The SMILES string of the molecule is CCN(/C=N/S(=O)(=O)c1ccc(C(=O)OC)cc1)CC. The number of esters is 1. The fourth-order valence-corrected chi connectivity index (χ4v) is 2.32. The third-order valence-electron chi connectivity index (χ3n) is 2.73. The summed E-state index contributed by atoms with van der Waals surface area (Å²) in [5.74, 6) is -0.513. The highest BCUT2D eigenvalue weighted by atomic mass is 32.2. The molecule has 20 heavy (non-hydrogen) atoms. The number of rotatable bonds is 6. The molecule has 0 N–H and O–H groups in total. The molecule has 1 aromatic rings. The zero-order valence-corrected chi connectivity index (χ0v) is 12.6. The van der Waals surface area contributed by atoms with Crippen molar-refractivity contribution in [1.82, 2.24) is 4.90 Å². The summed E-state index contributed by atoms with van der Waals surface area (Å²) in [7, 11) is -2.48. The summed E-state index contributed by atoms with van der Waals surface area (Å²) in [5, 5.41) is 0. The summed E-state index contributed by atoms with van der Waals surface area (Å²) >= 11 is 0. The van der Waals surface area contributed by atoms with E-state index < -0.39 is 16.0 Å². The second-order valence-electron chi connectivity index (χ2n) is 3.93. The van der Waals surface area contributed by atoms with Gasteiger partial charge in [-0.15, -0.1) is 4.40 Å². The van der Waals surface area contributed by atoms with Crippen LogP contribution in [0.15, 0.2) is 33.6 Å². The van der Waals surface area contributed by atoms with Gasteiger partial charge in [-0.1, -0.05) is 0 Å². The molecule has 0 heterocycles. The zero-order chi connectivity index (χ0) is 15.2. The Morgan fingerprint density at radius 2 is 1.80 bits per heavy atom. The molecular weight excluding hydrogens is 280 g/mol. The Morgan fingerprint density at radius 1 is 1.25 bits per heavy atom. The molecule has 0 aromatic heterocycles. The Morgan fingerprint density at radius 3 is 2.25 bits per heavy atom. The average molecular weight is 298 g/mol. The van der Waals surface area contributed by atoms with Crippen LogP contribution in [0.5, 0.6) is 0 Å². The maximum atomic E-state index is 12.0. The van der Waals surface area contributed by atoms with Crippen molar-refractivity contribution in [2.75, 3.05) is 20.2 Å². The Bertz CT molecular complexity index is 575. The Balaban J connectivity index is 2.96. The largest absolute Gasteiger partial charge is 0.465 e. The highest BCUT2D eigenvalue weighted by Gasteiger charge is 2.13. The summed E-state index contributed by atoms with van der Waals surface area (Å²) in [6, 6.07) is 5.46. The van der Waals surface area contributed by atoms with Gasteiger partial charge in [0, 0.05) is 13.1 Å². The van der Waals surface area contributed by atoms with Crippen LogP contribution in [0.2, 0.25) is 0 Å². The molecule has 0 saturated carbocycles. The van der Waals surface area contributed by atoms with E-state index in [0.717, 1.165) is 0 Å². The maximum Gasteiger partial charge on any atom is 0.337 e. The molecule has 0 radical (unpaired) electrons. The van der Waals surface area contributed by atoms with Gasteiger partial charge >= 0.3 is 5.97 Å². The first kappa shape index (κ1) is 16.2. The van der Waals surface area contributed by atoms with Crippen molar-refractivity contribution in [3.8, 4) is 0 Å². The minimum absolute atomic E-state index is 0.0357. The number of carbonyl (C=O) groups is 1. The van der Waals surface area contributed by atoms with Crippen LogP contribution < -0.4 is 0 Å². The molecule has 0 aliphatic heterocycles. The highest BCUT2D eigenvalue weighted by molar-refractivity contribution is 7.90. The second-order valence-corrected chi connectivity index (χ2v) is 5.57. The van der Waals surface area contributed by atoms with E-state index in [-0.39, 0.29) is 4.90 Å². The Kier molecular flexibility index (Phi) is 5.69. The highest BCUT2D eigenvalue weighted by Crippen LogP contribution is 2.13. The van der Waals surface area contributed by atoms with E-state index in [1.54, 1.807) is 4.90 Å². The predicted molar refractivity (Wildman–Crippen MR) is 76.4 cm³/mol. The smallest absolute Gasteiger partial charge is 0.337 e. The van der Waals surface area contributed by atoms with Gasteiger partial charge in [-0.2, -0.15) is 8.42 Å². The lowest BCUT2D eigenvalue weighted by molar-refractivity contribution is 0.0600. The first-order valence-corrected chi connectivity index (χ1v) is 7.61. The molecule has 1 aromatic carbocycles. The number of methoxy groups -OCH3 is 1. The Hall–Kier alpha value is -1.89. The van der Waals surface area contributed by atoms with Gasteiger partial charge in [0.25, 0.3) is 10.0 Å². The van der Waals surface area contributed by atoms with Crippen LogP contribution in [-0.4, -0.2) is 45.8 Å². The molecule has 0 bridgehead atoms. The lowest BCUT2D eigenvalue weighted by Gasteiger charge is -2.13. The van der Waals surface area contributed by atoms with E-state index in [1.807, 2.05) is 13.8 Å². The maximum absolute atomic E-state index is 12.0. The van der Waals surface area contributed by atoms with Crippen molar-refractivity contribution in [1.29, 1.82) is 0 Å².